The predicted octanol–water partition coefficient (Wildman–Crippen LogP) is 6.65. The molecule has 1 saturated carbocycles. The quantitative estimate of drug-likeness (QED) is 0.129. The van der Waals surface area contributed by atoms with Crippen molar-refractivity contribution in [3.8, 4) is 11.1 Å². The minimum atomic E-state index is -5.34. The summed E-state index contributed by atoms with van der Waals surface area (Å²) in [6, 6.07) is 12.8. The van der Waals surface area contributed by atoms with Crippen molar-refractivity contribution in [2.75, 3.05) is 5.32 Å². The van der Waals surface area contributed by atoms with Crippen molar-refractivity contribution in [3.63, 3.8) is 0 Å². The first-order valence-corrected chi connectivity index (χ1v) is 13.5. The van der Waals surface area contributed by atoms with Crippen LogP contribution in [-0.2, 0) is 20.5 Å². The lowest BCUT2D eigenvalue weighted by Gasteiger charge is -2.17. The Balaban J connectivity index is 1.22. The number of fused-ring (bicyclic) bond motifs is 1. The lowest BCUT2D eigenvalue weighted by Crippen LogP contribution is -2.44. The van der Waals surface area contributed by atoms with Gasteiger partial charge in [-0.25, -0.2) is 14.6 Å². The number of hydrogen-bond acceptors (Lipinski definition) is 8. The number of alkyl halides is 6. The van der Waals surface area contributed by atoms with Gasteiger partial charge in [0.2, 0.25) is 0 Å². The van der Waals surface area contributed by atoms with Crippen LogP contribution in [0.15, 0.2) is 60.8 Å². The summed E-state index contributed by atoms with van der Waals surface area (Å²) in [7, 11) is 0. The van der Waals surface area contributed by atoms with E-state index >= 15 is 0 Å². The van der Waals surface area contributed by atoms with Gasteiger partial charge in [-0.3, -0.25) is 4.79 Å². The molecule has 0 radical (unpaired) electrons. The van der Waals surface area contributed by atoms with Gasteiger partial charge in [-0.1, -0.05) is 48.4 Å². The SMILES string of the molecule is O=C(N[C@@H](CC1CC1)C(=O)OC(=O)C(F)(F)F)c1ccc(-c2ccc(Nc3nc4ncc(C(F)(F)F)cc4s3)cc2)cc1. The maximum atomic E-state index is 13.0. The number of benzene rings is 2. The van der Waals surface area contributed by atoms with Gasteiger partial charge >= 0.3 is 24.3 Å². The Morgan fingerprint density at radius 3 is 2.16 bits per heavy atom. The average Bonchev–Trinajstić information content (AvgIpc) is 3.68. The van der Waals surface area contributed by atoms with Crippen LogP contribution in [0.25, 0.3) is 21.5 Å². The van der Waals surface area contributed by atoms with E-state index in [0.29, 0.717) is 10.8 Å². The number of carbonyl (C=O) groups is 3. The minimum Gasteiger partial charge on any atom is -0.385 e. The number of anilines is 2. The molecule has 1 aliphatic carbocycles. The van der Waals surface area contributed by atoms with Crippen LogP contribution in [0.4, 0.5) is 37.2 Å². The Morgan fingerprint density at radius 1 is 0.953 bits per heavy atom. The topological polar surface area (TPSA) is 110 Å². The highest BCUT2D eigenvalue weighted by atomic mass is 32.1. The normalized spacial score (nSPS) is 14.3. The number of hydrogen-bond donors (Lipinski definition) is 2. The number of nitrogens with one attached hydrogen (secondary N) is 2. The third kappa shape index (κ3) is 7.46. The van der Waals surface area contributed by atoms with Gasteiger partial charge in [0.15, 0.2) is 10.8 Å². The average molecular weight is 623 g/mol. The monoisotopic (exact) mass is 622 g/mol. The van der Waals surface area contributed by atoms with E-state index < -0.39 is 41.8 Å². The molecule has 1 fully saturated rings. The smallest absolute Gasteiger partial charge is 0.385 e. The highest BCUT2D eigenvalue weighted by Crippen LogP contribution is 2.35. The second kappa shape index (κ2) is 11.6. The fourth-order valence-electron chi connectivity index (χ4n) is 4.07. The molecule has 2 aromatic carbocycles. The van der Waals surface area contributed by atoms with Gasteiger partial charge in [0.25, 0.3) is 5.91 Å². The molecule has 15 heteroatoms. The van der Waals surface area contributed by atoms with Crippen LogP contribution in [0.3, 0.4) is 0 Å². The molecule has 1 aliphatic rings. The fourth-order valence-corrected chi connectivity index (χ4v) is 4.96. The van der Waals surface area contributed by atoms with Gasteiger partial charge in [0, 0.05) is 17.4 Å². The molecule has 4 aromatic rings. The van der Waals surface area contributed by atoms with Crippen LogP contribution in [0.5, 0.6) is 0 Å². The van der Waals surface area contributed by atoms with Crippen LogP contribution in [0, 0.1) is 5.92 Å². The number of thiazole rings is 1. The zero-order valence-corrected chi connectivity index (χ0v) is 22.6. The Labute approximate surface area is 243 Å². The summed E-state index contributed by atoms with van der Waals surface area (Å²) in [6.07, 6.45) is -7.57. The Kier molecular flexibility index (Phi) is 8.10. The second-order valence-electron chi connectivity index (χ2n) is 9.75. The van der Waals surface area contributed by atoms with Crippen LogP contribution in [0.2, 0.25) is 0 Å². The van der Waals surface area contributed by atoms with Crippen molar-refractivity contribution in [1.29, 1.82) is 0 Å². The Morgan fingerprint density at radius 2 is 1.58 bits per heavy atom. The van der Waals surface area contributed by atoms with Crippen LogP contribution in [0.1, 0.15) is 35.2 Å². The number of rotatable bonds is 8. The summed E-state index contributed by atoms with van der Waals surface area (Å²) in [5, 5.41) is 5.75. The Bertz CT molecular complexity index is 1670. The maximum Gasteiger partial charge on any atom is 0.491 e. The van der Waals surface area contributed by atoms with Crippen molar-refractivity contribution in [1.82, 2.24) is 15.3 Å². The summed E-state index contributed by atoms with van der Waals surface area (Å²) in [4.78, 5) is 44.0. The number of halogens is 6. The van der Waals surface area contributed by atoms with Crippen LogP contribution < -0.4 is 10.6 Å². The van der Waals surface area contributed by atoms with E-state index in [1.54, 1.807) is 36.4 Å². The molecular formula is C28H20F6N4O4S. The second-order valence-corrected chi connectivity index (χ2v) is 10.8. The molecular weight excluding hydrogens is 602 g/mol. The van der Waals surface area contributed by atoms with Crippen LogP contribution in [-0.4, -0.2) is 40.0 Å². The number of nitrogens with zero attached hydrogens (tertiary/aromatic N) is 2. The summed E-state index contributed by atoms with van der Waals surface area (Å²) in [6.45, 7) is 0. The standard InChI is InChI=1S/C28H20F6N4O4S/c29-27(30,31)18-12-21-22(35-13-18)38-26(43-21)36-19-9-7-16(8-10-19)15-3-5-17(6-4-15)23(39)37-20(11-14-1-2-14)24(40)42-25(41)28(32,33)34/h3-10,12-14,20H,1-2,11H2,(H,37,39)(H,35,36,38)/t20-/m0/s1. The highest BCUT2D eigenvalue weighted by molar-refractivity contribution is 7.22. The zero-order valence-electron chi connectivity index (χ0n) is 21.8. The molecule has 2 aromatic heterocycles. The zero-order chi connectivity index (χ0) is 30.9. The van der Waals surface area contributed by atoms with Crippen molar-refractivity contribution >= 4 is 50.3 Å². The van der Waals surface area contributed by atoms with Crippen molar-refractivity contribution < 1.29 is 45.5 Å². The first-order valence-electron chi connectivity index (χ1n) is 12.7. The summed E-state index contributed by atoms with van der Waals surface area (Å²) < 4.78 is 80.6. The lowest BCUT2D eigenvalue weighted by molar-refractivity contribution is -0.202. The first kappa shape index (κ1) is 29.9. The van der Waals surface area contributed by atoms with E-state index in [-0.39, 0.29) is 28.2 Å². The van der Waals surface area contributed by atoms with E-state index in [0.717, 1.165) is 47.6 Å². The Hall–Kier alpha value is -4.53. The summed E-state index contributed by atoms with van der Waals surface area (Å²) in [5.74, 6) is -4.80. The molecule has 1 amide bonds. The number of aromatic nitrogens is 2. The molecule has 0 bridgehead atoms. The minimum absolute atomic E-state index is 0.0345. The first-order chi connectivity index (χ1) is 20.3. The van der Waals surface area contributed by atoms with Crippen molar-refractivity contribution in [2.24, 2.45) is 5.92 Å². The van der Waals surface area contributed by atoms with Gasteiger partial charge in [-0.2, -0.15) is 31.3 Å². The van der Waals surface area contributed by atoms with E-state index in [4.69, 9.17) is 0 Å². The summed E-state index contributed by atoms with van der Waals surface area (Å²) in [5.41, 5.74) is 1.56. The largest absolute Gasteiger partial charge is 0.491 e. The lowest BCUT2D eigenvalue weighted by atomic mass is 10.0. The molecule has 1 atom stereocenters. The molecule has 8 nitrogen and oxygen atoms in total. The molecule has 0 spiro atoms. The van der Waals surface area contributed by atoms with Gasteiger partial charge in [0.05, 0.1) is 10.3 Å². The molecule has 2 heterocycles. The van der Waals surface area contributed by atoms with E-state index in [1.165, 1.54) is 12.1 Å². The van der Waals surface area contributed by atoms with Gasteiger partial charge in [-0.05, 0) is 53.8 Å². The molecule has 0 aliphatic heterocycles. The molecule has 0 unspecified atom stereocenters. The van der Waals surface area contributed by atoms with Gasteiger partial charge < -0.3 is 15.4 Å². The molecule has 43 heavy (non-hydrogen) atoms. The number of carbonyl (C=O) groups excluding carboxylic acids is 3. The fraction of sp³-hybridized carbons (Fsp3) is 0.250. The molecule has 5 rings (SSSR count). The van der Waals surface area contributed by atoms with E-state index in [9.17, 15) is 40.7 Å². The number of ether oxygens (including phenoxy) is 1. The van der Waals surface area contributed by atoms with Crippen LogP contribution >= 0.6 is 11.3 Å². The number of amides is 1. The van der Waals surface area contributed by atoms with Gasteiger partial charge in [-0.15, -0.1) is 0 Å². The number of pyridine rings is 1. The maximum absolute atomic E-state index is 13.0. The van der Waals surface area contributed by atoms with E-state index in [1.807, 2.05) is 0 Å². The molecule has 224 valence electrons. The number of esters is 2. The predicted molar refractivity (Wildman–Crippen MR) is 143 cm³/mol. The third-order valence-corrected chi connectivity index (χ3v) is 7.38. The summed E-state index contributed by atoms with van der Waals surface area (Å²) >= 11 is 1.03. The van der Waals surface area contributed by atoms with E-state index in [2.05, 4.69) is 25.3 Å². The molecule has 2 N–H and O–H groups in total. The highest BCUT2D eigenvalue weighted by Gasteiger charge is 2.44. The van der Waals surface area contributed by atoms with Gasteiger partial charge in [0.1, 0.15) is 6.04 Å². The van der Waals surface area contributed by atoms with Crippen molar-refractivity contribution in [3.05, 3.63) is 71.9 Å². The van der Waals surface area contributed by atoms with Crippen molar-refractivity contribution in [2.45, 2.75) is 37.7 Å². The third-order valence-electron chi connectivity index (χ3n) is 6.47. The molecule has 0 saturated heterocycles.